The Hall–Kier alpha value is -1.80. The standard InChI is InChI=1S/C17H17ClO2/c1-11-9-15(12(2)13(3)16(11)17(18)19)20-10-14-7-5-4-6-8-14/h4-9H,10H2,1-3H3. The Bertz CT molecular complexity index is 633. The molecule has 0 spiro atoms. The van der Waals surface area contributed by atoms with Gasteiger partial charge in [0.05, 0.1) is 0 Å². The first-order valence-electron chi connectivity index (χ1n) is 6.48. The minimum atomic E-state index is -0.419. The summed E-state index contributed by atoms with van der Waals surface area (Å²) in [5.74, 6) is 0.797. The van der Waals surface area contributed by atoms with Crippen molar-refractivity contribution in [1.29, 1.82) is 0 Å². The van der Waals surface area contributed by atoms with E-state index in [1.165, 1.54) is 0 Å². The Kier molecular flexibility index (Phi) is 4.46. The van der Waals surface area contributed by atoms with Crippen molar-refractivity contribution in [2.75, 3.05) is 0 Å². The molecule has 20 heavy (non-hydrogen) atoms. The fourth-order valence-electron chi connectivity index (χ4n) is 2.23. The van der Waals surface area contributed by atoms with Crippen molar-refractivity contribution in [2.45, 2.75) is 27.4 Å². The molecular formula is C17H17ClO2. The first-order chi connectivity index (χ1) is 9.50. The molecule has 2 nitrogen and oxygen atoms in total. The quantitative estimate of drug-likeness (QED) is 0.770. The van der Waals surface area contributed by atoms with E-state index in [0.717, 1.165) is 28.0 Å². The summed E-state index contributed by atoms with van der Waals surface area (Å²) in [6.07, 6.45) is 0. The molecule has 0 saturated heterocycles. The van der Waals surface area contributed by atoms with Gasteiger partial charge in [-0.3, -0.25) is 4.79 Å². The van der Waals surface area contributed by atoms with Gasteiger partial charge in [-0.25, -0.2) is 0 Å². The van der Waals surface area contributed by atoms with Crippen LogP contribution in [0.2, 0.25) is 0 Å². The molecule has 0 saturated carbocycles. The molecule has 0 aliphatic rings. The zero-order valence-corrected chi connectivity index (χ0v) is 12.6. The van der Waals surface area contributed by atoms with Gasteiger partial charge < -0.3 is 4.74 Å². The maximum Gasteiger partial charge on any atom is 0.252 e. The van der Waals surface area contributed by atoms with Crippen LogP contribution in [0, 0.1) is 20.8 Å². The van der Waals surface area contributed by atoms with E-state index in [4.69, 9.17) is 16.3 Å². The van der Waals surface area contributed by atoms with Gasteiger partial charge in [0.1, 0.15) is 12.4 Å². The van der Waals surface area contributed by atoms with Gasteiger partial charge in [0.15, 0.2) is 0 Å². The molecule has 3 heteroatoms. The number of rotatable bonds is 4. The summed E-state index contributed by atoms with van der Waals surface area (Å²) in [5.41, 5.74) is 4.37. The summed E-state index contributed by atoms with van der Waals surface area (Å²) in [6, 6.07) is 11.9. The van der Waals surface area contributed by atoms with Crippen molar-refractivity contribution >= 4 is 16.8 Å². The number of hydrogen-bond donors (Lipinski definition) is 0. The molecule has 0 aromatic heterocycles. The lowest BCUT2D eigenvalue weighted by atomic mass is 9.98. The van der Waals surface area contributed by atoms with Crippen LogP contribution in [0.1, 0.15) is 32.6 Å². The monoisotopic (exact) mass is 288 g/mol. The topological polar surface area (TPSA) is 26.3 Å². The van der Waals surface area contributed by atoms with E-state index >= 15 is 0 Å². The highest BCUT2D eigenvalue weighted by Gasteiger charge is 2.15. The van der Waals surface area contributed by atoms with Gasteiger partial charge in [-0.05, 0) is 60.7 Å². The van der Waals surface area contributed by atoms with E-state index in [-0.39, 0.29) is 0 Å². The third-order valence-corrected chi connectivity index (χ3v) is 3.67. The first-order valence-corrected chi connectivity index (χ1v) is 6.86. The molecule has 0 amide bonds. The second-order valence-electron chi connectivity index (χ2n) is 4.86. The number of aryl methyl sites for hydroxylation is 1. The second kappa shape index (κ2) is 6.10. The van der Waals surface area contributed by atoms with Crippen LogP contribution in [-0.2, 0) is 6.61 Å². The zero-order chi connectivity index (χ0) is 14.7. The lowest BCUT2D eigenvalue weighted by molar-refractivity contribution is 0.108. The molecule has 0 N–H and O–H groups in total. The van der Waals surface area contributed by atoms with Crippen LogP contribution >= 0.6 is 11.6 Å². The Morgan fingerprint density at radius 3 is 2.35 bits per heavy atom. The molecular weight excluding hydrogens is 272 g/mol. The maximum atomic E-state index is 11.5. The van der Waals surface area contributed by atoms with E-state index < -0.39 is 5.24 Å². The molecule has 0 bridgehead atoms. The van der Waals surface area contributed by atoms with E-state index in [1.807, 2.05) is 57.2 Å². The van der Waals surface area contributed by atoms with Crippen molar-refractivity contribution in [3.63, 3.8) is 0 Å². The smallest absolute Gasteiger partial charge is 0.252 e. The molecule has 0 aliphatic carbocycles. The van der Waals surface area contributed by atoms with Gasteiger partial charge in [-0.2, -0.15) is 0 Å². The van der Waals surface area contributed by atoms with Crippen molar-refractivity contribution in [2.24, 2.45) is 0 Å². The highest BCUT2D eigenvalue weighted by molar-refractivity contribution is 6.68. The van der Waals surface area contributed by atoms with Crippen molar-refractivity contribution < 1.29 is 9.53 Å². The third-order valence-electron chi connectivity index (χ3n) is 3.48. The number of benzene rings is 2. The molecule has 2 rings (SSSR count). The number of carbonyl (C=O) groups excluding carboxylic acids is 1. The SMILES string of the molecule is Cc1cc(OCc2ccccc2)c(C)c(C)c1C(=O)Cl. The van der Waals surface area contributed by atoms with Gasteiger partial charge in [0, 0.05) is 5.56 Å². The van der Waals surface area contributed by atoms with Gasteiger partial charge in [-0.1, -0.05) is 30.3 Å². The summed E-state index contributed by atoms with van der Waals surface area (Å²) in [7, 11) is 0. The van der Waals surface area contributed by atoms with E-state index in [0.29, 0.717) is 12.2 Å². The fraction of sp³-hybridized carbons (Fsp3) is 0.235. The molecule has 2 aromatic carbocycles. The predicted molar refractivity (Wildman–Crippen MR) is 81.6 cm³/mol. The first kappa shape index (κ1) is 14.6. The van der Waals surface area contributed by atoms with Crippen molar-refractivity contribution in [3.05, 3.63) is 64.2 Å². The number of halogens is 1. The second-order valence-corrected chi connectivity index (χ2v) is 5.21. The average molecular weight is 289 g/mol. The van der Waals surface area contributed by atoms with Crippen molar-refractivity contribution in [1.82, 2.24) is 0 Å². The summed E-state index contributed by atoms with van der Waals surface area (Å²) in [5, 5.41) is -0.419. The Morgan fingerprint density at radius 2 is 1.75 bits per heavy atom. The fourth-order valence-corrected chi connectivity index (χ4v) is 2.52. The summed E-state index contributed by atoms with van der Waals surface area (Å²) >= 11 is 5.63. The molecule has 0 heterocycles. The normalized spacial score (nSPS) is 10.4. The maximum absolute atomic E-state index is 11.5. The number of hydrogen-bond acceptors (Lipinski definition) is 2. The summed E-state index contributed by atoms with van der Waals surface area (Å²) in [4.78, 5) is 11.5. The Labute approximate surface area is 124 Å². The van der Waals surface area contributed by atoms with E-state index in [9.17, 15) is 4.79 Å². The molecule has 0 fully saturated rings. The molecule has 0 aliphatic heterocycles. The van der Waals surface area contributed by atoms with Crippen LogP contribution < -0.4 is 4.74 Å². The zero-order valence-electron chi connectivity index (χ0n) is 11.9. The van der Waals surface area contributed by atoms with Gasteiger partial charge in [0.2, 0.25) is 0 Å². The van der Waals surface area contributed by atoms with Crippen LogP contribution in [-0.4, -0.2) is 5.24 Å². The highest BCUT2D eigenvalue weighted by Crippen LogP contribution is 2.29. The van der Waals surface area contributed by atoms with Crippen LogP contribution in [0.5, 0.6) is 5.75 Å². The predicted octanol–water partition coefficient (Wildman–Crippen LogP) is 4.57. The van der Waals surface area contributed by atoms with Gasteiger partial charge >= 0.3 is 0 Å². The molecule has 0 radical (unpaired) electrons. The number of carbonyl (C=O) groups is 1. The Balaban J connectivity index is 2.28. The average Bonchev–Trinajstić information content (AvgIpc) is 2.42. The Morgan fingerprint density at radius 1 is 1.10 bits per heavy atom. The highest BCUT2D eigenvalue weighted by atomic mass is 35.5. The minimum absolute atomic E-state index is 0.419. The molecule has 0 unspecified atom stereocenters. The van der Waals surface area contributed by atoms with Crippen molar-refractivity contribution in [3.8, 4) is 5.75 Å². The van der Waals surface area contributed by atoms with Crippen LogP contribution in [0.4, 0.5) is 0 Å². The van der Waals surface area contributed by atoms with Crippen LogP contribution in [0.15, 0.2) is 36.4 Å². The van der Waals surface area contributed by atoms with E-state index in [2.05, 4.69) is 0 Å². The van der Waals surface area contributed by atoms with E-state index in [1.54, 1.807) is 0 Å². The third kappa shape index (κ3) is 3.02. The number of ether oxygens (including phenoxy) is 1. The largest absolute Gasteiger partial charge is 0.489 e. The van der Waals surface area contributed by atoms with Crippen LogP contribution in [0.25, 0.3) is 0 Å². The molecule has 104 valence electrons. The summed E-state index contributed by atoms with van der Waals surface area (Å²) < 4.78 is 5.86. The van der Waals surface area contributed by atoms with Crippen LogP contribution in [0.3, 0.4) is 0 Å². The van der Waals surface area contributed by atoms with Gasteiger partial charge in [0.25, 0.3) is 5.24 Å². The summed E-state index contributed by atoms with van der Waals surface area (Å²) in [6.45, 7) is 6.22. The molecule has 2 aromatic rings. The lowest BCUT2D eigenvalue weighted by Crippen LogP contribution is -2.04. The van der Waals surface area contributed by atoms with Gasteiger partial charge in [-0.15, -0.1) is 0 Å². The molecule has 0 atom stereocenters. The minimum Gasteiger partial charge on any atom is -0.489 e. The lowest BCUT2D eigenvalue weighted by Gasteiger charge is -2.15.